The highest BCUT2D eigenvalue weighted by atomic mass is 32.1. The molecule has 0 aliphatic heterocycles. The second-order valence-corrected chi connectivity index (χ2v) is 4.06. The van der Waals surface area contributed by atoms with Crippen LogP contribution in [0.15, 0.2) is 18.2 Å². The fraction of sp³-hybridized carbons (Fsp3) is 0.273. The first-order chi connectivity index (χ1) is 8.43. The maximum absolute atomic E-state index is 10.6. The SMILES string of the molecule is COc1ccc(NC(N)=S)cc1C(C)NC(=O)O. The van der Waals surface area contributed by atoms with Crippen LogP contribution >= 0.6 is 12.2 Å². The van der Waals surface area contributed by atoms with Gasteiger partial charge >= 0.3 is 6.09 Å². The van der Waals surface area contributed by atoms with Crippen molar-refractivity contribution in [3.63, 3.8) is 0 Å². The van der Waals surface area contributed by atoms with Crippen LogP contribution < -0.4 is 21.1 Å². The third-order valence-electron chi connectivity index (χ3n) is 2.30. The second kappa shape index (κ2) is 6.06. The van der Waals surface area contributed by atoms with Crippen molar-refractivity contribution in [1.29, 1.82) is 0 Å². The lowest BCUT2D eigenvalue weighted by atomic mass is 10.1. The van der Waals surface area contributed by atoms with Crippen molar-refractivity contribution in [2.24, 2.45) is 5.73 Å². The Hall–Kier alpha value is -2.02. The summed E-state index contributed by atoms with van der Waals surface area (Å²) in [4.78, 5) is 10.6. The minimum atomic E-state index is -1.10. The molecular formula is C11H15N3O3S. The number of methoxy groups -OCH3 is 1. The zero-order valence-corrected chi connectivity index (χ0v) is 10.9. The van der Waals surface area contributed by atoms with E-state index in [4.69, 9.17) is 27.8 Å². The van der Waals surface area contributed by atoms with Crippen LogP contribution in [0.5, 0.6) is 5.75 Å². The molecule has 1 amide bonds. The van der Waals surface area contributed by atoms with Gasteiger partial charge in [-0.05, 0) is 37.3 Å². The Balaban J connectivity index is 3.04. The second-order valence-electron chi connectivity index (χ2n) is 3.62. The number of rotatable bonds is 4. The molecular weight excluding hydrogens is 254 g/mol. The van der Waals surface area contributed by atoms with Crippen molar-refractivity contribution in [2.45, 2.75) is 13.0 Å². The molecule has 0 spiro atoms. The van der Waals surface area contributed by atoms with E-state index < -0.39 is 12.1 Å². The summed E-state index contributed by atoms with van der Waals surface area (Å²) in [5, 5.41) is 14.0. The number of amides is 1. The molecule has 1 rings (SSSR count). The third kappa shape index (κ3) is 3.77. The number of hydrogen-bond acceptors (Lipinski definition) is 3. The summed E-state index contributed by atoms with van der Waals surface area (Å²) in [6.45, 7) is 1.72. The van der Waals surface area contributed by atoms with Crippen molar-refractivity contribution in [2.75, 3.05) is 12.4 Å². The number of anilines is 1. The Bertz CT molecular complexity index is 465. The Morgan fingerprint density at radius 3 is 2.72 bits per heavy atom. The summed E-state index contributed by atoms with van der Waals surface area (Å²) in [5.74, 6) is 0.588. The quantitative estimate of drug-likeness (QED) is 0.621. The Labute approximate surface area is 110 Å². The molecule has 0 radical (unpaired) electrons. The normalized spacial score (nSPS) is 11.4. The predicted octanol–water partition coefficient (Wildman–Crippen LogP) is 1.68. The largest absolute Gasteiger partial charge is 0.496 e. The van der Waals surface area contributed by atoms with E-state index in [1.54, 1.807) is 25.1 Å². The van der Waals surface area contributed by atoms with Gasteiger partial charge in [0, 0.05) is 11.3 Å². The van der Waals surface area contributed by atoms with Crippen LogP contribution in [0.25, 0.3) is 0 Å². The van der Waals surface area contributed by atoms with Gasteiger partial charge in [0.25, 0.3) is 0 Å². The maximum Gasteiger partial charge on any atom is 0.405 e. The van der Waals surface area contributed by atoms with Crippen LogP contribution in [0.4, 0.5) is 10.5 Å². The molecule has 0 aliphatic rings. The zero-order chi connectivity index (χ0) is 13.7. The standard InChI is InChI=1S/C11H15N3O3S/c1-6(13-11(15)16)8-5-7(14-10(12)18)3-4-9(8)17-2/h3-6,13H,1-2H3,(H,15,16)(H3,12,14,18). The van der Waals surface area contributed by atoms with E-state index >= 15 is 0 Å². The number of nitrogens with one attached hydrogen (secondary N) is 2. The van der Waals surface area contributed by atoms with Gasteiger partial charge in [0.15, 0.2) is 5.11 Å². The molecule has 0 saturated heterocycles. The average molecular weight is 269 g/mol. The number of ether oxygens (including phenoxy) is 1. The van der Waals surface area contributed by atoms with Crippen molar-refractivity contribution in [1.82, 2.24) is 5.32 Å². The summed E-state index contributed by atoms with van der Waals surface area (Å²) in [6, 6.07) is 4.79. The van der Waals surface area contributed by atoms with Crippen LogP contribution in [0.2, 0.25) is 0 Å². The lowest BCUT2D eigenvalue weighted by Crippen LogP contribution is -2.25. The van der Waals surface area contributed by atoms with Crippen molar-refractivity contribution < 1.29 is 14.6 Å². The lowest BCUT2D eigenvalue weighted by Gasteiger charge is -2.17. The van der Waals surface area contributed by atoms with E-state index in [2.05, 4.69) is 10.6 Å². The summed E-state index contributed by atoms with van der Waals surface area (Å²) in [7, 11) is 1.52. The number of thiocarbonyl (C=S) groups is 1. The highest BCUT2D eigenvalue weighted by Gasteiger charge is 2.14. The summed E-state index contributed by atoms with van der Waals surface area (Å²) >= 11 is 4.74. The number of carbonyl (C=O) groups is 1. The average Bonchev–Trinajstić information content (AvgIpc) is 2.27. The monoisotopic (exact) mass is 269 g/mol. The Morgan fingerprint density at radius 2 is 2.22 bits per heavy atom. The molecule has 5 N–H and O–H groups in total. The van der Waals surface area contributed by atoms with E-state index in [9.17, 15) is 4.79 Å². The van der Waals surface area contributed by atoms with Crippen molar-refractivity contribution in [3.05, 3.63) is 23.8 Å². The van der Waals surface area contributed by atoms with Crippen molar-refractivity contribution in [3.8, 4) is 5.75 Å². The van der Waals surface area contributed by atoms with Gasteiger partial charge in [-0.2, -0.15) is 0 Å². The molecule has 0 fully saturated rings. The molecule has 98 valence electrons. The van der Waals surface area contributed by atoms with Crippen LogP contribution in [0.3, 0.4) is 0 Å². The van der Waals surface area contributed by atoms with Crippen LogP contribution in [-0.2, 0) is 0 Å². The molecule has 0 bridgehead atoms. The summed E-state index contributed by atoms with van der Waals surface area (Å²) in [6.07, 6.45) is -1.10. The first-order valence-electron chi connectivity index (χ1n) is 5.18. The van der Waals surface area contributed by atoms with Gasteiger partial charge in [-0.25, -0.2) is 4.79 Å². The molecule has 0 heterocycles. The van der Waals surface area contributed by atoms with Gasteiger partial charge in [0.05, 0.1) is 13.2 Å². The van der Waals surface area contributed by atoms with E-state index in [1.165, 1.54) is 7.11 Å². The molecule has 6 nitrogen and oxygen atoms in total. The van der Waals surface area contributed by atoms with E-state index in [-0.39, 0.29) is 5.11 Å². The highest BCUT2D eigenvalue weighted by Crippen LogP contribution is 2.28. The van der Waals surface area contributed by atoms with Gasteiger partial charge in [-0.1, -0.05) is 0 Å². The molecule has 0 aliphatic carbocycles. The van der Waals surface area contributed by atoms with E-state index in [1.807, 2.05) is 0 Å². The summed E-state index contributed by atoms with van der Waals surface area (Å²) < 4.78 is 5.18. The van der Waals surface area contributed by atoms with Gasteiger partial charge in [-0.3, -0.25) is 0 Å². The van der Waals surface area contributed by atoms with Crippen molar-refractivity contribution >= 4 is 29.1 Å². The lowest BCUT2D eigenvalue weighted by molar-refractivity contribution is 0.190. The molecule has 1 aromatic carbocycles. The van der Waals surface area contributed by atoms with E-state index in [0.717, 1.165) is 0 Å². The smallest absolute Gasteiger partial charge is 0.405 e. The molecule has 0 saturated carbocycles. The molecule has 1 unspecified atom stereocenters. The fourth-order valence-electron chi connectivity index (χ4n) is 1.56. The third-order valence-corrected chi connectivity index (χ3v) is 2.41. The van der Waals surface area contributed by atoms with Gasteiger partial charge in [-0.15, -0.1) is 0 Å². The maximum atomic E-state index is 10.6. The minimum Gasteiger partial charge on any atom is -0.496 e. The summed E-state index contributed by atoms with van der Waals surface area (Å²) in [5.41, 5.74) is 6.75. The topological polar surface area (TPSA) is 96.6 Å². The Kier molecular flexibility index (Phi) is 4.73. The Morgan fingerprint density at radius 1 is 1.56 bits per heavy atom. The van der Waals surface area contributed by atoms with Gasteiger partial charge < -0.3 is 26.2 Å². The first-order valence-corrected chi connectivity index (χ1v) is 5.58. The highest BCUT2D eigenvalue weighted by molar-refractivity contribution is 7.80. The number of hydrogen-bond donors (Lipinski definition) is 4. The minimum absolute atomic E-state index is 0.143. The molecule has 18 heavy (non-hydrogen) atoms. The zero-order valence-electron chi connectivity index (χ0n) is 10.1. The molecule has 0 aromatic heterocycles. The first kappa shape index (κ1) is 14.0. The van der Waals surface area contributed by atoms with Gasteiger partial charge in [0.1, 0.15) is 5.75 Å². The van der Waals surface area contributed by atoms with Gasteiger partial charge in [0.2, 0.25) is 0 Å². The predicted molar refractivity (Wildman–Crippen MR) is 73.0 cm³/mol. The number of benzene rings is 1. The van der Waals surface area contributed by atoms with Crippen LogP contribution in [0, 0.1) is 0 Å². The fourth-order valence-corrected chi connectivity index (χ4v) is 1.67. The van der Waals surface area contributed by atoms with E-state index in [0.29, 0.717) is 17.0 Å². The molecule has 7 heteroatoms. The number of carboxylic acid groups (broad SMARTS) is 1. The number of nitrogens with two attached hydrogens (primary N) is 1. The molecule has 1 aromatic rings. The molecule has 1 atom stereocenters. The van der Waals surface area contributed by atoms with Crippen LogP contribution in [0.1, 0.15) is 18.5 Å². The van der Waals surface area contributed by atoms with Crippen LogP contribution in [-0.4, -0.2) is 23.4 Å².